The predicted octanol–water partition coefficient (Wildman–Crippen LogP) is 2.47. The highest BCUT2D eigenvalue weighted by Gasteiger charge is 2.15. The second kappa shape index (κ2) is 5.11. The van der Waals surface area contributed by atoms with Gasteiger partial charge >= 0.3 is 5.97 Å². The largest absolute Gasteiger partial charge is 0.488 e. The molecule has 0 bridgehead atoms. The minimum absolute atomic E-state index is 0.0658. The number of rotatable bonds is 4. The van der Waals surface area contributed by atoms with Gasteiger partial charge in [0.05, 0.1) is 4.88 Å². The van der Waals surface area contributed by atoms with Crippen LogP contribution in [0.4, 0.5) is 0 Å². The summed E-state index contributed by atoms with van der Waals surface area (Å²) in [6, 6.07) is 6.80. The molecule has 5 nitrogen and oxygen atoms in total. The van der Waals surface area contributed by atoms with E-state index in [1.54, 1.807) is 24.3 Å². The molecule has 0 amide bonds. The van der Waals surface area contributed by atoms with Crippen LogP contribution in [-0.2, 0) is 6.61 Å². The molecule has 1 aromatic heterocycles. The van der Waals surface area contributed by atoms with Gasteiger partial charge < -0.3 is 9.84 Å². The molecule has 0 saturated heterocycles. The third-order valence-corrected chi connectivity index (χ3v) is 2.89. The molecule has 0 spiro atoms. The highest BCUT2D eigenvalue weighted by Crippen LogP contribution is 2.18. The zero-order valence-corrected chi connectivity index (χ0v) is 10.0. The van der Waals surface area contributed by atoms with E-state index >= 15 is 0 Å². The van der Waals surface area contributed by atoms with Gasteiger partial charge in [0.15, 0.2) is 5.69 Å². The van der Waals surface area contributed by atoms with E-state index in [2.05, 4.69) is 9.59 Å². The predicted molar refractivity (Wildman–Crippen MR) is 62.7 cm³/mol. The Morgan fingerprint density at radius 3 is 2.76 bits per heavy atom. The lowest BCUT2D eigenvalue weighted by Gasteiger charge is -2.04. The summed E-state index contributed by atoms with van der Waals surface area (Å²) >= 11 is 6.73. The molecule has 1 N–H and O–H groups in total. The fraction of sp³-hybridized carbons (Fsp3) is 0.100. The standard InChI is InChI=1S/C10H7ClN2O3S/c11-6-1-3-7(4-2-6)16-5-8-9(10(14)15)12-13-17-8/h1-4H,5H2,(H,14,15). The monoisotopic (exact) mass is 270 g/mol. The van der Waals surface area contributed by atoms with Crippen LogP contribution >= 0.6 is 23.1 Å². The van der Waals surface area contributed by atoms with Crippen molar-refractivity contribution >= 4 is 29.1 Å². The average Bonchev–Trinajstić information content (AvgIpc) is 2.76. The molecule has 0 saturated carbocycles. The Balaban J connectivity index is 2.05. The maximum absolute atomic E-state index is 10.8. The van der Waals surface area contributed by atoms with Gasteiger partial charge in [-0.05, 0) is 35.8 Å². The number of carbonyl (C=O) groups is 1. The van der Waals surface area contributed by atoms with Crippen LogP contribution in [0.1, 0.15) is 15.4 Å². The summed E-state index contributed by atoms with van der Waals surface area (Å²) in [4.78, 5) is 11.2. The number of aromatic carboxylic acids is 1. The van der Waals surface area contributed by atoms with E-state index in [1.807, 2.05) is 0 Å². The molecule has 0 aliphatic carbocycles. The van der Waals surface area contributed by atoms with Crippen LogP contribution < -0.4 is 4.74 Å². The summed E-state index contributed by atoms with van der Waals surface area (Å²) in [5.74, 6) is -0.493. The van der Waals surface area contributed by atoms with E-state index in [0.29, 0.717) is 15.6 Å². The van der Waals surface area contributed by atoms with E-state index in [1.165, 1.54) is 0 Å². The quantitative estimate of drug-likeness (QED) is 0.924. The van der Waals surface area contributed by atoms with Crippen molar-refractivity contribution < 1.29 is 14.6 Å². The Morgan fingerprint density at radius 1 is 1.41 bits per heavy atom. The van der Waals surface area contributed by atoms with Crippen LogP contribution in [0.15, 0.2) is 24.3 Å². The zero-order valence-electron chi connectivity index (χ0n) is 8.46. The molecular weight excluding hydrogens is 264 g/mol. The second-order valence-electron chi connectivity index (χ2n) is 3.09. The minimum atomic E-state index is -1.10. The maximum atomic E-state index is 10.8. The van der Waals surface area contributed by atoms with E-state index < -0.39 is 5.97 Å². The first-order valence-corrected chi connectivity index (χ1v) is 5.75. The van der Waals surface area contributed by atoms with Gasteiger partial charge in [-0.2, -0.15) is 0 Å². The van der Waals surface area contributed by atoms with Gasteiger partial charge in [-0.3, -0.25) is 0 Å². The summed E-state index contributed by atoms with van der Waals surface area (Å²) in [6.45, 7) is 0.126. The summed E-state index contributed by atoms with van der Waals surface area (Å²) < 4.78 is 8.98. The van der Waals surface area contributed by atoms with Crippen LogP contribution in [0.3, 0.4) is 0 Å². The lowest BCUT2D eigenvalue weighted by molar-refractivity contribution is 0.0687. The lowest BCUT2D eigenvalue weighted by atomic mass is 10.3. The van der Waals surface area contributed by atoms with E-state index in [9.17, 15) is 4.79 Å². The normalized spacial score (nSPS) is 10.2. The summed E-state index contributed by atoms with van der Waals surface area (Å²) in [5, 5.41) is 12.9. The van der Waals surface area contributed by atoms with Crippen molar-refractivity contribution in [3.63, 3.8) is 0 Å². The number of carboxylic acid groups (broad SMARTS) is 1. The van der Waals surface area contributed by atoms with Crippen molar-refractivity contribution in [3.05, 3.63) is 39.9 Å². The molecule has 1 aromatic carbocycles. The maximum Gasteiger partial charge on any atom is 0.357 e. The number of hydrogen-bond acceptors (Lipinski definition) is 5. The van der Waals surface area contributed by atoms with Gasteiger partial charge in [-0.15, -0.1) is 5.10 Å². The number of hydrogen-bond donors (Lipinski definition) is 1. The van der Waals surface area contributed by atoms with Crippen molar-refractivity contribution in [3.8, 4) is 5.75 Å². The number of nitrogens with zero attached hydrogens (tertiary/aromatic N) is 2. The molecule has 2 aromatic rings. The molecule has 7 heteroatoms. The number of halogens is 1. The van der Waals surface area contributed by atoms with Gasteiger partial charge in [0, 0.05) is 5.02 Å². The number of ether oxygens (including phenoxy) is 1. The van der Waals surface area contributed by atoms with Gasteiger partial charge in [0.25, 0.3) is 0 Å². The van der Waals surface area contributed by atoms with Crippen LogP contribution in [0, 0.1) is 0 Å². The first-order chi connectivity index (χ1) is 8.16. The van der Waals surface area contributed by atoms with Crippen molar-refractivity contribution in [2.24, 2.45) is 0 Å². The van der Waals surface area contributed by atoms with E-state index in [0.717, 1.165) is 11.5 Å². The van der Waals surface area contributed by atoms with Gasteiger partial charge in [0.2, 0.25) is 0 Å². The SMILES string of the molecule is O=C(O)c1nnsc1COc1ccc(Cl)cc1. The van der Waals surface area contributed by atoms with Crippen molar-refractivity contribution in [2.45, 2.75) is 6.61 Å². The van der Waals surface area contributed by atoms with Gasteiger partial charge in [-0.1, -0.05) is 16.1 Å². The van der Waals surface area contributed by atoms with Crippen LogP contribution in [0.2, 0.25) is 5.02 Å². The molecule has 0 aliphatic heterocycles. The molecule has 2 rings (SSSR count). The summed E-state index contributed by atoms with van der Waals surface area (Å²) in [5.41, 5.74) is -0.0658. The molecule has 0 radical (unpaired) electrons. The number of carboxylic acids is 1. The highest BCUT2D eigenvalue weighted by atomic mass is 35.5. The Hall–Kier alpha value is -1.66. The molecule has 17 heavy (non-hydrogen) atoms. The first kappa shape index (κ1) is 11.8. The lowest BCUT2D eigenvalue weighted by Crippen LogP contribution is -2.03. The molecule has 0 unspecified atom stereocenters. The summed E-state index contributed by atoms with van der Waals surface area (Å²) in [7, 11) is 0. The Morgan fingerprint density at radius 2 is 2.12 bits per heavy atom. The molecular formula is C10H7ClN2O3S. The topological polar surface area (TPSA) is 72.3 Å². The van der Waals surface area contributed by atoms with Crippen LogP contribution in [-0.4, -0.2) is 20.7 Å². The molecule has 0 atom stereocenters. The van der Waals surface area contributed by atoms with E-state index in [4.69, 9.17) is 21.4 Å². The van der Waals surface area contributed by atoms with Crippen molar-refractivity contribution in [1.29, 1.82) is 0 Å². The fourth-order valence-electron chi connectivity index (χ4n) is 1.15. The van der Waals surface area contributed by atoms with Crippen molar-refractivity contribution in [1.82, 2.24) is 9.59 Å². The smallest absolute Gasteiger partial charge is 0.357 e. The second-order valence-corrected chi connectivity index (χ2v) is 4.37. The fourth-order valence-corrected chi connectivity index (χ4v) is 1.82. The number of benzene rings is 1. The van der Waals surface area contributed by atoms with Gasteiger partial charge in [-0.25, -0.2) is 4.79 Å². The molecule has 0 fully saturated rings. The molecule has 0 aliphatic rings. The summed E-state index contributed by atoms with van der Waals surface area (Å²) in [6.07, 6.45) is 0. The Labute approximate surface area is 106 Å². The van der Waals surface area contributed by atoms with Crippen LogP contribution in [0.5, 0.6) is 5.75 Å². The number of aromatic nitrogens is 2. The third-order valence-electron chi connectivity index (χ3n) is 1.94. The van der Waals surface area contributed by atoms with Crippen LogP contribution in [0.25, 0.3) is 0 Å². The Kier molecular flexibility index (Phi) is 3.55. The van der Waals surface area contributed by atoms with E-state index in [-0.39, 0.29) is 12.3 Å². The third kappa shape index (κ3) is 2.92. The van der Waals surface area contributed by atoms with Gasteiger partial charge in [0.1, 0.15) is 12.4 Å². The highest BCUT2D eigenvalue weighted by molar-refractivity contribution is 7.05. The average molecular weight is 271 g/mol. The first-order valence-electron chi connectivity index (χ1n) is 4.59. The zero-order chi connectivity index (χ0) is 12.3. The molecule has 1 heterocycles. The molecule has 88 valence electrons. The van der Waals surface area contributed by atoms with Crippen molar-refractivity contribution in [2.75, 3.05) is 0 Å². The minimum Gasteiger partial charge on any atom is -0.488 e. The Bertz CT molecular complexity index is 527.